The van der Waals surface area contributed by atoms with Gasteiger partial charge in [-0.15, -0.1) is 10.2 Å². The minimum absolute atomic E-state index is 0.0494. The summed E-state index contributed by atoms with van der Waals surface area (Å²) in [5.41, 5.74) is 0. The molecule has 1 aromatic carbocycles. The summed E-state index contributed by atoms with van der Waals surface area (Å²) >= 11 is 7.14. The van der Waals surface area contributed by atoms with E-state index in [1.165, 1.54) is 11.3 Å². The second-order valence-corrected chi connectivity index (χ2v) is 8.45. The molecule has 0 atom stereocenters. The number of amides is 3. The van der Waals surface area contributed by atoms with Crippen molar-refractivity contribution in [2.75, 3.05) is 31.5 Å². The zero-order valence-electron chi connectivity index (χ0n) is 17.1. The van der Waals surface area contributed by atoms with Crippen LogP contribution in [0.4, 0.5) is 9.93 Å². The summed E-state index contributed by atoms with van der Waals surface area (Å²) in [6.45, 7) is 6.76. The first-order valence-corrected chi connectivity index (χ1v) is 11.2. The van der Waals surface area contributed by atoms with E-state index < -0.39 is 0 Å². The van der Waals surface area contributed by atoms with E-state index in [9.17, 15) is 9.59 Å². The van der Waals surface area contributed by atoms with E-state index in [1.54, 1.807) is 29.2 Å². The lowest BCUT2D eigenvalue weighted by molar-refractivity contribution is -0.121. The summed E-state index contributed by atoms with van der Waals surface area (Å²) in [4.78, 5) is 28.6. The summed E-state index contributed by atoms with van der Waals surface area (Å²) in [6, 6.07) is 7.12. The Labute approximate surface area is 185 Å². The molecule has 0 spiro atoms. The number of benzene rings is 1. The lowest BCUT2D eigenvalue weighted by Gasteiger charge is -2.34. The highest BCUT2D eigenvalue weighted by Crippen LogP contribution is 2.23. The molecular formula is C20H26ClN5O3S. The normalized spacial score (nSPS) is 14.4. The monoisotopic (exact) mass is 451 g/mol. The molecule has 2 aromatic rings. The number of nitrogens with zero attached hydrogens (tertiary/aromatic N) is 4. The summed E-state index contributed by atoms with van der Waals surface area (Å²) in [5.74, 6) is 0.473. The fraction of sp³-hybridized carbons (Fsp3) is 0.500. The van der Waals surface area contributed by atoms with Crippen molar-refractivity contribution in [3.63, 3.8) is 0 Å². The van der Waals surface area contributed by atoms with Gasteiger partial charge in [0, 0.05) is 37.1 Å². The third-order valence-electron chi connectivity index (χ3n) is 5.04. The van der Waals surface area contributed by atoms with E-state index in [-0.39, 0.29) is 24.5 Å². The Bertz CT molecular complexity index is 848. The van der Waals surface area contributed by atoms with Gasteiger partial charge in [-0.1, -0.05) is 22.9 Å². The van der Waals surface area contributed by atoms with Crippen LogP contribution in [0.1, 0.15) is 31.7 Å². The van der Waals surface area contributed by atoms with Crippen molar-refractivity contribution in [1.29, 1.82) is 0 Å². The smallest absolute Gasteiger partial charge is 0.319 e. The molecule has 0 bridgehead atoms. The van der Waals surface area contributed by atoms with E-state index in [2.05, 4.69) is 15.5 Å². The number of hydrogen-bond donors (Lipinski definition) is 1. The fourth-order valence-electron chi connectivity index (χ4n) is 3.27. The number of likely N-dealkylation sites (tertiary alicyclic amines) is 1. The fourth-order valence-corrected chi connectivity index (χ4v) is 4.05. The number of urea groups is 1. The quantitative estimate of drug-likeness (QED) is 0.690. The lowest BCUT2D eigenvalue weighted by Crippen LogP contribution is -2.47. The largest absolute Gasteiger partial charge is 0.486 e. The second-order valence-electron chi connectivity index (χ2n) is 6.95. The molecule has 30 heavy (non-hydrogen) atoms. The highest BCUT2D eigenvalue weighted by Gasteiger charge is 2.29. The van der Waals surface area contributed by atoms with Crippen LogP contribution in [0.25, 0.3) is 0 Å². The summed E-state index contributed by atoms with van der Waals surface area (Å²) in [5, 5.41) is 12.7. The number of aromatic nitrogens is 2. The number of hydrogen-bond acceptors (Lipinski definition) is 6. The van der Waals surface area contributed by atoms with Crippen LogP contribution in [0.2, 0.25) is 5.02 Å². The van der Waals surface area contributed by atoms with Gasteiger partial charge in [0.05, 0.1) is 0 Å². The molecule has 1 aliphatic heterocycles. The van der Waals surface area contributed by atoms with Crippen LogP contribution in [0.15, 0.2) is 24.3 Å². The molecule has 0 radical (unpaired) electrons. The van der Waals surface area contributed by atoms with Crippen molar-refractivity contribution in [3.8, 4) is 5.75 Å². The van der Waals surface area contributed by atoms with Crippen LogP contribution < -0.4 is 10.1 Å². The van der Waals surface area contributed by atoms with Gasteiger partial charge in [0.2, 0.25) is 11.0 Å². The van der Waals surface area contributed by atoms with Gasteiger partial charge in [-0.25, -0.2) is 4.79 Å². The van der Waals surface area contributed by atoms with Gasteiger partial charge in [0.1, 0.15) is 12.4 Å². The molecule has 8 nitrogen and oxygen atoms in total. The predicted octanol–water partition coefficient (Wildman–Crippen LogP) is 3.88. The van der Waals surface area contributed by atoms with E-state index >= 15 is 0 Å². The molecule has 1 saturated heterocycles. The second kappa shape index (κ2) is 10.6. The maximum absolute atomic E-state index is 12.6. The van der Waals surface area contributed by atoms with Crippen LogP contribution in [0, 0.1) is 5.92 Å². The van der Waals surface area contributed by atoms with Gasteiger partial charge in [0.15, 0.2) is 5.01 Å². The molecule has 162 valence electrons. The molecule has 1 N–H and O–H groups in total. The molecule has 2 heterocycles. The van der Waals surface area contributed by atoms with Crippen molar-refractivity contribution in [3.05, 3.63) is 34.3 Å². The van der Waals surface area contributed by atoms with E-state index in [0.717, 1.165) is 0 Å². The minimum Gasteiger partial charge on any atom is -0.486 e. The molecule has 10 heteroatoms. The molecule has 0 unspecified atom stereocenters. The van der Waals surface area contributed by atoms with Crippen LogP contribution in [0.5, 0.6) is 5.75 Å². The van der Waals surface area contributed by atoms with Crippen LogP contribution >= 0.6 is 22.9 Å². The highest BCUT2D eigenvalue weighted by atomic mass is 35.5. The Morgan fingerprint density at radius 1 is 1.20 bits per heavy atom. The Hall–Kier alpha value is -2.39. The summed E-state index contributed by atoms with van der Waals surface area (Å²) in [6.07, 6.45) is 1.29. The number of rotatable bonds is 7. The number of piperidine rings is 1. The lowest BCUT2D eigenvalue weighted by atomic mass is 9.96. The maximum atomic E-state index is 12.6. The minimum atomic E-state index is -0.136. The van der Waals surface area contributed by atoms with Crippen molar-refractivity contribution < 1.29 is 14.3 Å². The number of halogens is 1. The Kier molecular flexibility index (Phi) is 7.87. The molecular weight excluding hydrogens is 426 g/mol. The Morgan fingerprint density at radius 3 is 2.50 bits per heavy atom. The molecule has 1 aliphatic rings. The van der Waals surface area contributed by atoms with Crippen LogP contribution in [0.3, 0.4) is 0 Å². The zero-order chi connectivity index (χ0) is 21.5. The number of nitrogens with one attached hydrogen (secondary N) is 1. The number of carbonyl (C=O) groups is 2. The molecule has 1 fully saturated rings. The molecule has 3 amide bonds. The molecule has 0 saturated carbocycles. The van der Waals surface area contributed by atoms with Gasteiger partial charge in [-0.2, -0.15) is 0 Å². The van der Waals surface area contributed by atoms with Gasteiger partial charge in [-0.3, -0.25) is 4.79 Å². The number of carbonyl (C=O) groups excluding carboxylic acids is 2. The predicted molar refractivity (Wildman–Crippen MR) is 117 cm³/mol. The molecule has 3 rings (SSSR count). The van der Waals surface area contributed by atoms with Gasteiger partial charge in [0.25, 0.3) is 0 Å². The maximum Gasteiger partial charge on any atom is 0.319 e. The average Bonchev–Trinajstić information content (AvgIpc) is 3.21. The Balaban J connectivity index is 1.45. The average molecular weight is 452 g/mol. The highest BCUT2D eigenvalue weighted by molar-refractivity contribution is 7.15. The number of anilines is 1. The summed E-state index contributed by atoms with van der Waals surface area (Å²) in [7, 11) is 0. The molecule has 1 aromatic heterocycles. The topological polar surface area (TPSA) is 87.7 Å². The Morgan fingerprint density at radius 2 is 1.87 bits per heavy atom. The third-order valence-corrected chi connectivity index (χ3v) is 6.11. The van der Waals surface area contributed by atoms with Crippen molar-refractivity contribution in [2.24, 2.45) is 5.92 Å². The third kappa shape index (κ3) is 5.82. The first-order valence-electron chi connectivity index (χ1n) is 10.1. The zero-order valence-corrected chi connectivity index (χ0v) is 18.7. The van der Waals surface area contributed by atoms with Crippen LogP contribution in [-0.2, 0) is 11.4 Å². The first-order chi connectivity index (χ1) is 14.5. The van der Waals surface area contributed by atoms with Crippen molar-refractivity contribution in [2.45, 2.75) is 33.3 Å². The van der Waals surface area contributed by atoms with Crippen molar-refractivity contribution >= 4 is 40.0 Å². The molecule has 0 aliphatic carbocycles. The van der Waals surface area contributed by atoms with E-state index in [0.29, 0.717) is 59.9 Å². The van der Waals surface area contributed by atoms with Gasteiger partial charge < -0.3 is 19.9 Å². The standard InChI is InChI=1S/C20H26ClN5O3S/c1-3-25(4-2)20(28)26-11-9-14(10-12-26)18(27)22-19-24-23-17(30-19)13-29-16-7-5-15(21)6-8-16/h5-8,14H,3-4,9-13H2,1-2H3,(H,22,24,27). The van der Waals surface area contributed by atoms with E-state index in [1.807, 2.05) is 18.7 Å². The SMILES string of the molecule is CCN(CC)C(=O)N1CCC(C(=O)Nc2nnc(COc3ccc(Cl)cc3)s2)CC1. The number of ether oxygens (including phenoxy) is 1. The van der Waals surface area contributed by atoms with Gasteiger partial charge in [-0.05, 0) is 51.0 Å². The van der Waals surface area contributed by atoms with Crippen molar-refractivity contribution in [1.82, 2.24) is 20.0 Å². The van der Waals surface area contributed by atoms with Gasteiger partial charge >= 0.3 is 6.03 Å². The van der Waals surface area contributed by atoms with Crippen LogP contribution in [-0.4, -0.2) is 58.1 Å². The van der Waals surface area contributed by atoms with E-state index in [4.69, 9.17) is 16.3 Å². The summed E-state index contributed by atoms with van der Waals surface area (Å²) < 4.78 is 5.65. The first kappa shape index (κ1) is 22.3.